The molecule has 0 aliphatic carbocycles. The molecule has 0 spiro atoms. The molecule has 5 rings (SSSR count). The van der Waals surface area contributed by atoms with E-state index in [1.807, 2.05) is 31.2 Å². The monoisotopic (exact) mass is 967 g/mol. The highest BCUT2D eigenvalue weighted by atomic mass is 16.2. The maximum absolute atomic E-state index is 14.6. The third-order valence-corrected chi connectivity index (χ3v) is 12.0. The lowest BCUT2D eigenvalue weighted by atomic mass is 10.0. The van der Waals surface area contributed by atoms with Gasteiger partial charge < -0.3 is 64.0 Å². The molecule has 376 valence electrons. The van der Waals surface area contributed by atoms with Gasteiger partial charge in [0.05, 0.1) is 6.33 Å². The molecule has 22 heteroatoms. The molecular formula is C48H66N14O8. The van der Waals surface area contributed by atoms with Crippen molar-refractivity contribution >= 4 is 64.1 Å². The van der Waals surface area contributed by atoms with E-state index in [1.165, 1.54) is 31.3 Å². The number of guanidine groups is 1. The van der Waals surface area contributed by atoms with Crippen LogP contribution in [0.25, 0.3) is 10.9 Å². The van der Waals surface area contributed by atoms with Gasteiger partial charge in [0.25, 0.3) is 0 Å². The van der Waals surface area contributed by atoms with Gasteiger partial charge in [-0.05, 0) is 56.2 Å². The summed E-state index contributed by atoms with van der Waals surface area (Å²) < 4.78 is 0. The van der Waals surface area contributed by atoms with Crippen molar-refractivity contribution in [2.45, 2.75) is 127 Å². The first-order valence-corrected chi connectivity index (χ1v) is 23.5. The lowest BCUT2D eigenvalue weighted by Crippen LogP contribution is -2.60. The molecule has 2 aromatic carbocycles. The number of hydrogen-bond acceptors (Lipinski definition) is 10. The number of aromatic nitrogens is 3. The van der Waals surface area contributed by atoms with Crippen molar-refractivity contribution in [2.75, 3.05) is 13.1 Å². The molecule has 14 N–H and O–H groups in total. The number of nitrogens with one attached hydrogen (secondary N) is 8. The normalized spacial score (nSPS) is 15.8. The second-order valence-electron chi connectivity index (χ2n) is 17.4. The van der Waals surface area contributed by atoms with Crippen LogP contribution < -0.4 is 49.1 Å². The van der Waals surface area contributed by atoms with Gasteiger partial charge in [0.15, 0.2) is 5.96 Å². The first kappa shape index (κ1) is 53.2. The van der Waals surface area contributed by atoms with Crippen LogP contribution in [0.2, 0.25) is 0 Å². The van der Waals surface area contributed by atoms with E-state index < -0.39 is 89.6 Å². The number of likely N-dealkylation sites (tertiary alicyclic amines) is 1. The minimum atomic E-state index is -1.31. The van der Waals surface area contributed by atoms with Gasteiger partial charge in [-0.15, -0.1) is 0 Å². The van der Waals surface area contributed by atoms with Gasteiger partial charge in [-0.1, -0.05) is 68.3 Å². The van der Waals surface area contributed by atoms with Crippen molar-refractivity contribution in [3.8, 4) is 0 Å². The summed E-state index contributed by atoms with van der Waals surface area (Å²) in [4.78, 5) is 124. The van der Waals surface area contributed by atoms with Crippen molar-refractivity contribution < 1.29 is 38.4 Å². The Balaban J connectivity index is 1.35. The van der Waals surface area contributed by atoms with Crippen LogP contribution >= 0.6 is 0 Å². The van der Waals surface area contributed by atoms with Crippen LogP contribution in [0.1, 0.15) is 82.5 Å². The zero-order valence-corrected chi connectivity index (χ0v) is 39.8. The molecule has 0 bridgehead atoms. The number of unbranched alkanes of at least 4 members (excludes halogenated alkanes) is 1. The average Bonchev–Trinajstić information content (AvgIpc) is 4.13. The van der Waals surface area contributed by atoms with Crippen LogP contribution in [0.3, 0.4) is 0 Å². The Bertz CT molecular complexity index is 2460. The first-order chi connectivity index (χ1) is 33.5. The highest BCUT2D eigenvalue weighted by molar-refractivity contribution is 5.98. The van der Waals surface area contributed by atoms with Crippen molar-refractivity contribution in [3.05, 3.63) is 90.1 Å². The van der Waals surface area contributed by atoms with Crippen molar-refractivity contribution in [3.63, 3.8) is 0 Å². The minimum Gasteiger partial charge on any atom is -0.370 e. The third-order valence-electron chi connectivity index (χ3n) is 12.0. The molecular weight excluding hydrogens is 901 g/mol. The molecule has 8 amide bonds. The smallest absolute Gasteiger partial charge is 0.245 e. The average molecular weight is 967 g/mol. The summed E-state index contributed by atoms with van der Waals surface area (Å²) in [5.74, 6) is -5.29. The Kier molecular flexibility index (Phi) is 19.8. The summed E-state index contributed by atoms with van der Waals surface area (Å²) in [5.41, 5.74) is 19.7. The Labute approximate surface area is 405 Å². The summed E-state index contributed by atoms with van der Waals surface area (Å²) in [6.07, 6.45) is 7.38. The lowest BCUT2D eigenvalue weighted by Gasteiger charge is -2.31. The highest BCUT2D eigenvalue weighted by Gasteiger charge is 2.40. The molecule has 1 aliphatic heterocycles. The van der Waals surface area contributed by atoms with Gasteiger partial charge >= 0.3 is 0 Å². The second-order valence-corrected chi connectivity index (χ2v) is 17.4. The van der Waals surface area contributed by atoms with E-state index >= 15 is 0 Å². The largest absolute Gasteiger partial charge is 0.370 e. The van der Waals surface area contributed by atoms with E-state index in [-0.39, 0.29) is 57.6 Å². The van der Waals surface area contributed by atoms with Gasteiger partial charge in [0.2, 0.25) is 47.3 Å². The molecule has 1 fully saturated rings. The number of carbonyl (C=O) groups excluding carboxylic acids is 8. The topological polar surface area (TPSA) is 347 Å². The molecule has 2 aromatic heterocycles. The molecule has 7 atom stereocenters. The molecule has 1 aliphatic rings. The van der Waals surface area contributed by atoms with Crippen LogP contribution in [0, 0.1) is 0 Å². The molecule has 22 nitrogen and oxygen atoms in total. The van der Waals surface area contributed by atoms with Gasteiger partial charge in [0.1, 0.15) is 42.3 Å². The fourth-order valence-corrected chi connectivity index (χ4v) is 8.30. The number of rotatable bonds is 26. The summed E-state index contributed by atoms with van der Waals surface area (Å²) in [6.45, 7) is 4.96. The molecule has 4 aromatic rings. The van der Waals surface area contributed by atoms with Gasteiger partial charge in [0, 0.05) is 68.3 Å². The highest BCUT2D eigenvalue weighted by Crippen LogP contribution is 2.22. The van der Waals surface area contributed by atoms with E-state index in [0.717, 1.165) is 22.9 Å². The number of para-hydroxylation sites is 1. The van der Waals surface area contributed by atoms with Crippen molar-refractivity contribution in [1.29, 1.82) is 0 Å². The number of benzene rings is 2. The first-order valence-electron chi connectivity index (χ1n) is 23.5. The zero-order chi connectivity index (χ0) is 50.7. The lowest BCUT2D eigenvalue weighted by molar-refractivity contribution is -0.142. The molecule has 1 saturated heterocycles. The van der Waals surface area contributed by atoms with E-state index in [1.54, 1.807) is 36.5 Å². The fourth-order valence-electron chi connectivity index (χ4n) is 8.30. The molecule has 0 radical (unpaired) electrons. The standard InChI is InChI=1S/C48H66N14O8/c1-4-5-16-35(57-29(3)63)43(66)56-28(2)42(65)60-39(24-32-26-52-27-55-32)45(68)61-38(22-30-13-7-6-8-14-30)44(67)58-36(18-11-20-53-48(50)51)47(70)62-21-12-19-40(62)46(69)59-37(41(49)64)23-31-25-54-34-17-10-9-15-33(31)34/h6-10,13-15,17,25-28,35-40,54H,4-5,11-12,16,18-24H2,1-3H3,(H2,49,64)(H,52,55)(H,56,66)(H,57,63)(H,58,67)(H,59,69)(H,60,65)(H,61,68)(H4,50,51,53)/t28-,35-,36-,37-,38+,39-,40-/m0/s1. The number of amides is 8. The fraction of sp³-hybridized carbons (Fsp3) is 0.458. The molecule has 0 unspecified atom stereocenters. The van der Waals surface area contributed by atoms with E-state index in [4.69, 9.17) is 17.2 Å². The SMILES string of the molecule is CCCC[C@H](NC(C)=O)C(=O)N[C@@H](C)C(=O)N[C@@H](Cc1cnc[nH]1)C(=O)N[C@H](Cc1ccccc1)C(=O)N[C@@H](CCCN=C(N)N)C(=O)N1CCC[C@H]1C(=O)N[C@@H](Cc1c[nH]c2ccccc12)C(N)=O. The Morgan fingerprint density at radius 3 is 2.07 bits per heavy atom. The van der Waals surface area contributed by atoms with E-state index in [2.05, 4.69) is 51.8 Å². The summed E-state index contributed by atoms with van der Waals surface area (Å²) in [7, 11) is 0. The van der Waals surface area contributed by atoms with Gasteiger partial charge in [-0.3, -0.25) is 43.3 Å². The quantitative estimate of drug-likeness (QED) is 0.0218. The number of imidazole rings is 1. The molecule has 70 heavy (non-hydrogen) atoms. The molecule has 3 heterocycles. The number of fused-ring (bicyclic) bond motifs is 1. The second kappa shape index (κ2) is 26.1. The maximum Gasteiger partial charge on any atom is 0.245 e. The van der Waals surface area contributed by atoms with Gasteiger partial charge in [-0.2, -0.15) is 0 Å². The number of hydrogen-bond donors (Lipinski definition) is 11. The predicted octanol–water partition coefficient (Wildman–Crippen LogP) is -0.412. The van der Waals surface area contributed by atoms with Crippen LogP contribution in [0.5, 0.6) is 0 Å². The zero-order valence-electron chi connectivity index (χ0n) is 39.8. The third kappa shape index (κ3) is 15.6. The predicted molar refractivity (Wildman–Crippen MR) is 261 cm³/mol. The summed E-state index contributed by atoms with van der Waals surface area (Å²) >= 11 is 0. The van der Waals surface area contributed by atoms with Crippen LogP contribution in [0.4, 0.5) is 0 Å². The summed E-state index contributed by atoms with van der Waals surface area (Å²) in [5, 5.41) is 17.2. The number of H-pyrrole nitrogens is 2. The number of nitrogens with zero attached hydrogens (tertiary/aromatic N) is 3. The van der Waals surface area contributed by atoms with E-state index in [9.17, 15) is 38.4 Å². The van der Waals surface area contributed by atoms with E-state index in [0.29, 0.717) is 30.5 Å². The minimum absolute atomic E-state index is 0.0338. The Hall–Kier alpha value is -7.78. The number of aliphatic imine (C=N–C) groups is 1. The van der Waals surface area contributed by atoms with Gasteiger partial charge in [-0.25, -0.2) is 4.98 Å². The summed E-state index contributed by atoms with van der Waals surface area (Å²) in [6, 6.07) is 8.39. The Morgan fingerprint density at radius 1 is 0.743 bits per heavy atom. The number of primary amides is 1. The van der Waals surface area contributed by atoms with Crippen LogP contribution in [-0.4, -0.2) is 128 Å². The number of aromatic amines is 2. The van der Waals surface area contributed by atoms with Crippen molar-refractivity contribution in [1.82, 2.24) is 51.8 Å². The molecule has 0 saturated carbocycles. The van der Waals surface area contributed by atoms with Crippen LogP contribution in [-0.2, 0) is 57.6 Å². The Morgan fingerprint density at radius 2 is 1.40 bits per heavy atom. The number of nitrogens with two attached hydrogens (primary N) is 3. The number of carbonyl (C=O) groups is 8. The van der Waals surface area contributed by atoms with Crippen LogP contribution in [0.15, 0.2) is 78.3 Å². The maximum atomic E-state index is 14.6. The van der Waals surface area contributed by atoms with Crippen molar-refractivity contribution in [2.24, 2.45) is 22.2 Å².